The van der Waals surface area contributed by atoms with Crippen molar-refractivity contribution in [1.82, 2.24) is 0 Å². The number of sulfone groups is 1. The highest BCUT2D eigenvalue weighted by Crippen LogP contribution is 2.02. The third-order valence-electron chi connectivity index (χ3n) is 1.40. The molecule has 0 saturated heterocycles. The van der Waals surface area contributed by atoms with Crippen LogP contribution in [0.3, 0.4) is 0 Å². The minimum Gasteiger partial charge on any atom is -0.426 e. The molecule has 0 aliphatic heterocycles. The first-order chi connectivity index (χ1) is 7.39. The fourth-order valence-electron chi connectivity index (χ4n) is 0.854. The van der Waals surface area contributed by atoms with Gasteiger partial charge in [0, 0.05) is 6.26 Å². The summed E-state index contributed by atoms with van der Waals surface area (Å²) in [5, 5.41) is 0. The van der Waals surface area contributed by atoms with Crippen molar-refractivity contribution in [1.29, 1.82) is 0 Å². The molecule has 0 radical (unpaired) electrons. The molecule has 0 aromatic rings. The SMILES string of the molecule is C\C=C/C=C(\C=C/C)OC(=O)CS(C)(=O)=O. The molecule has 0 aliphatic rings. The van der Waals surface area contributed by atoms with Crippen LogP contribution in [0.1, 0.15) is 13.8 Å². The van der Waals surface area contributed by atoms with E-state index in [-0.39, 0.29) is 0 Å². The summed E-state index contributed by atoms with van der Waals surface area (Å²) in [6.07, 6.45) is 9.32. The molecule has 0 unspecified atom stereocenters. The normalized spacial score (nSPS) is 13.6. The van der Waals surface area contributed by atoms with E-state index in [4.69, 9.17) is 4.74 Å². The minimum atomic E-state index is -3.35. The van der Waals surface area contributed by atoms with Crippen LogP contribution in [0.15, 0.2) is 36.1 Å². The van der Waals surface area contributed by atoms with Gasteiger partial charge in [0.25, 0.3) is 0 Å². The highest BCUT2D eigenvalue weighted by atomic mass is 32.2. The van der Waals surface area contributed by atoms with E-state index in [2.05, 4.69) is 0 Å². The van der Waals surface area contributed by atoms with Gasteiger partial charge in [0.15, 0.2) is 9.84 Å². The molecule has 0 aromatic heterocycles. The molecule has 0 fully saturated rings. The second-order valence-electron chi connectivity index (χ2n) is 3.14. The van der Waals surface area contributed by atoms with E-state index in [0.717, 1.165) is 6.26 Å². The van der Waals surface area contributed by atoms with Crippen LogP contribution in [0.4, 0.5) is 0 Å². The summed E-state index contributed by atoms with van der Waals surface area (Å²) < 4.78 is 26.6. The van der Waals surface area contributed by atoms with Gasteiger partial charge in [-0.15, -0.1) is 0 Å². The van der Waals surface area contributed by atoms with Gasteiger partial charge in [0.2, 0.25) is 0 Å². The van der Waals surface area contributed by atoms with Crippen LogP contribution in [0.25, 0.3) is 0 Å². The number of carbonyl (C=O) groups is 1. The summed E-state index contributed by atoms with van der Waals surface area (Å²) in [4.78, 5) is 11.2. The van der Waals surface area contributed by atoms with Crippen LogP contribution in [0, 0.1) is 0 Å². The molecule has 0 aliphatic carbocycles. The van der Waals surface area contributed by atoms with Gasteiger partial charge in [-0.25, -0.2) is 8.42 Å². The monoisotopic (exact) mass is 244 g/mol. The lowest BCUT2D eigenvalue weighted by molar-refractivity contribution is -0.135. The molecule has 0 atom stereocenters. The predicted molar refractivity (Wildman–Crippen MR) is 63.5 cm³/mol. The van der Waals surface area contributed by atoms with Crippen molar-refractivity contribution in [2.45, 2.75) is 13.8 Å². The van der Waals surface area contributed by atoms with Crippen LogP contribution in [-0.4, -0.2) is 26.4 Å². The summed E-state index contributed by atoms with van der Waals surface area (Å²) in [6.45, 7) is 3.59. The summed E-state index contributed by atoms with van der Waals surface area (Å²) >= 11 is 0. The maximum absolute atomic E-state index is 11.2. The molecule has 90 valence electrons. The molecule has 0 amide bonds. The molecule has 5 heteroatoms. The summed E-state index contributed by atoms with van der Waals surface area (Å²) in [5.74, 6) is -1.08. The Labute approximate surface area is 96.2 Å². The molecule has 0 aromatic carbocycles. The molecule has 0 spiro atoms. The Bertz CT molecular complexity index is 413. The van der Waals surface area contributed by atoms with Gasteiger partial charge in [0.05, 0.1) is 0 Å². The van der Waals surface area contributed by atoms with Crippen LogP contribution < -0.4 is 0 Å². The second-order valence-corrected chi connectivity index (χ2v) is 5.28. The third kappa shape index (κ3) is 7.99. The molecule has 0 saturated carbocycles. The van der Waals surface area contributed by atoms with Crippen molar-refractivity contribution in [3.8, 4) is 0 Å². The van der Waals surface area contributed by atoms with Crippen molar-refractivity contribution in [2.24, 2.45) is 0 Å². The summed E-state index contributed by atoms with van der Waals surface area (Å²) in [6, 6.07) is 0. The number of ether oxygens (including phenoxy) is 1. The smallest absolute Gasteiger partial charge is 0.326 e. The maximum Gasteiger partial charge on any atom is 0.326 e. The van der Waals surface area contributed by atoms with Crippen LogP contribution >= 0.6 is 0 Å². The van der Waals surface area contributed by atoms with E-state index >= 15 is 0 Å². The van der Waals surface area contributed by atoms with Gasteiger partial charge in [-0.1, -0.05) is 18.2 Å². The van der Waals surface area contributed by atoms with Gasteiger partial charge < -0.3 is 4.74 Å². The van der Waals surface area contributed by atoms with Gasteiger partial charge in [-0.05, 0) is 26.0 Å². The van der Waals surface area contributed by atoms with Crippen molar-refractivity contribution in [2.75, 3.05) is 12.0 Å². The van der Waals surface area contributed by atoms with E-state index in [9.17, 15) is 13.2 Å². The first kappa shape index (κ1) is 14.6. The molecule has 0 heterocycles. The Morgan fingerprint density at radius 2 is 1.88 bits per heavy atom. The Morgan fingerprint density at radius 1 is 1.25 bits per heavy atom. The lowest BCUT2D eigenvalue weighted by atomic mass is 10.3. The van der Waals surface area contributed by atoms with E-state index in [1.54, 1.807) is 37.3 Å². The van der Waals surface area contributed by atoms with Crippen molar-refractivity contribution >= 4 is 15.8 Å². The highest BCUT2D eigenvalue weighted by Gasteiger charge is 2.12. The third-order valence-corrected chi connectivity index (χ3v) is 2.16. The number of esters is 1. The highest BCUT2D eigenvalue weighted by molar-refractivity contribution is 7.91. The first-order valence-electron chi connectivity index (χ1n) is 4.73. The number of hydrogen-bond donors (Lipinski definition) is 0. The number of carbonyl (C=O) groups excluding carboxylic acids is 1. The van der Waals surface area contributed by atoms with Gasteiger partial charge in [-0.2, -0.15) is 0 Å². The van der Waals surface area contributed by atoms with E-state index in [1.165, 1.54) is 0 Å². The number of hydrogen-bond acceptors (Lipinski definition) is 4. The molecule has 16 heavy (non-hydrogen) atoms. The molecule has 4 nitrogen and oxygen atoms in total. The van der Waals surface area contributed by atoms with Gasteiger partial charge in [-0.3, -0.25) is 4.79 Å². The Kier molecular flexibility index (Phi) is 6.41. The van der Waals surface area contributed by atoms with Gasteiger partial charge in [0.1, 0.15) is 11.5 Å². The van der Waals surface area contributed by atoms with E-state index in [1.807, 2.05) is 6.92 Å². The van der Waals surface area contributed by atoms with E-state index < -0.39 is 21.6 Å². The molecule has 0 bridgehead atoms. The number of allylic oxidation sites excluding steroid dienone is 5. The van der Waals surface area contributed by atoms with Gasteiger partial charge >= 0.3 is 5.97 Å². The fourth-order valence-corrected chi connectivity index (χ4v) is 1.34. The summed E-state index contributed by atoms with van der Waals surface area (Å²) in [5.41, 5.74) is 0. The predicted octanol–water partition coefficient (Wildman–Crippen LogP) is 1.61. The Balaban J connectivity index is 4.59. The topological polar surface area (TPSA) is 60.4 Å². The Morgan fingerprint density at radius 3 is 2.31 bits per heavy atom. The first-order valence-corrected chi connectivity index (χ1v) is 6.79. The molecule has 0 N–H and O–H groups in total. The van der Waals surface area contributed by atoms with E-state index in [0.29, 0.717) is 5.76 Å². The maximum atomic E-state index is 11.2. The Hall–Kier alpha value is -1.36. The zero-order chi connectivity index (χ0) is 12.6. The van der Waals surface area contributed by atoms with Crippen molar-refractivity contribution in [3.63, 3.8) is 0 Å². The van der Waals surface area contributed by atoms with Crippen LogP contribution in [-0.2, 0) is 19.4 Å². The minimum absolute atomic E-state index is 0.314. The fraction of sp³-hybridized carbons (Fsp3) is 0.364. The van der Waals surface area contributed by atoms with Crippen LogP contribution in [0.2, 0.25) is 0 Å². The molecule has 0 rings (SSSR count). The van der Waals surface area contributed by atoms with Crippen molar-refractivity contribution in [3.05, 3.63) is 36.1 Å². The molecular formula is C11H16O4S. The van der Waals surface area contributed by atoms with Crippen molar-refractivity contribution < 1.29 is 17.9 Å². The van der Waals surface area contributed by atoms with Crippen LogP contribution in [0.5, 0.6) is 0 Å². The second kappa shape index (κ2) is 7.00. The molecular weight excluding hydrogens is 228 g/mol. The average molecular weight is 244 g/mol. The summed E-state index contributed by atoms with van der Waals surface area (Å²) in [7, 11) is -3.35. The standard InChI is InChI=1S/C11H16O4S/c1-4-6-8-10(7-5-2)15-11(12)9-16(3,13)14/h4-8H,9H2,1-3H3/b6-4-,7-5-,10-8+. The zero-order valence-electron chi connectivity index (χ0n) is 9.64. The zero-order valence-corrected chi connectivity index (χ0v) is 10.5. The largest absolute Gasteiger partial charge is 0.426 e. The lowest BCUT2D eigenvalue weighted by Crippen LogP contribution is -2.16. The average Bonchev–Trinajstić information content (AvgIpc) is 2.11. The lowest BCUT2D eigenvalue weighted by Gasteiger charge is -2.03. The number of rotatable bonds is 5. The quantitative estimate of drug-likeness (QED) is 0.419.